The third kappa shape index (κ3) is 5.66. The van der Waals surface area contributed by atoms with Gasteiger partial charge in [-0.15, -0.1) is 0 Å². The van der Waals surface area contributed by atoms with Gasteiger partial charge in [0.05, 0.1) is 7.11 Å². The molecule has 2 N–H and O–H groups in total. The van der Waals surface area contributed by atoms with Crippen molar-refractivity contribution in [1.82, 2.24) is 10.6 Å². The van der Waals surface area contributed by atoms with E-state index in [1.807, 2.05) is 30.3 Å². The molecule has 0 aliphatic carbocycles. The van der Waals surface area contributed by atoms with Crippen molar-refractivity contribution in [2.75, 3.05) is 7.11 Å². The fourth-order valence-electron chi connectivity index (χ4n) is 1.44. The van der Waals surface area contributed by atoms with E-state index in [0.29, 0.717) is 0 Å². The zero-order valence-electron chi connectivity index (χ0n) is 12.4. The van der Waals surface area contributed by atoms with Crippen molar-refractivity contribution < 1.29 is 23.9 Å². The standard InChI is InChI=1S/C15H18N2O5/c1-10(13(18)16-11(2)14(19)21-3)17-15(20)22-9-12-7-5-4-6-8-12/h4-8,10H,2,9H2,1,3H3,(H,16,18)(H,17,20)/t10-/m0/s1. The smallest absolute Gasteiger partial charge is 0.408 e. The van der Waals surface area contributed by atoms with Crippen LogP contribution in [-0.4, -0.2) is 31.1 Å². The van der Waals surface area contributed by atoms with Gasteiger partial charge in [0, 0.05) is 0 Å². The number of benzene rings is 1. The zero-order chi connectivity index (χ0) is 16.5. The van der Waals surface area contributed by atoms with Gasteiger partial charge in [-0.2, -0.15) is 0 Å². The Balaban J connectivity index is 2.38. The largest absolute Gasteiger partial charge is 0.464 e. The summed E-state index contributed by atoms with van der Waals surface area (Å²) in [6, 6.07) is 8.22. The van der Waals surface area contributed by atoms with Crippen LogP contribution in [0.2, 0.25) is 0 Å². The van der Waals surface area contributed by atoms with Gasteiger partial charge < -0.3 is 20.1 Å². The number of amides is 2. The van der Waals surface area contributed by atoms with Crippen molar-refractivity contribution in [3.8, 4) is 0 Å². The molecule has 0 aromatic heterocycles. The Morgan fingerprint density at radius 1 is 1.23 bits per heavy atom. The van der Waals surface area contributed by atoms with Gasteiger partial charge in [0.15, 0.2) is 0 Å². The predicted octanol–water partition coefficient (Wildman–Crippen LogP) is 1.10. The lowest BCUT2D eigenvalue weighted by molar-refractivity contribution is -0.137. The summed E-state index contributed by atoms with van der Waals surface area (Å²) in [4.78, 5) is 34.4. The molecule has 118 valence electrons. The molecule has 0 fully saturated rings. The lowest BCUT2D eigenvalue weighted by Crippen LogP contribution is -2.45. The van der Waals surface area contributed by atoms with Crippen LogP contribution in [0.25, 0.3) is 0 Å². The first kappa shape index (κ1) is 17.2. The SMILES string of the molecule is C=C(NC(=O)[C@H](C)NC(=O)OCc1ccccc1)C(=O)OC. The predicted molar refractivity (Wildman–Crippen MR) is 78.5 cm³/mol. The van der Waals surface area contributed by atoms with Crippen LogP contribution >= 0.6 is 0 Å². The minimum absolute atomic E-state index is 0.0931. The van der Waals surface area contributed by atoms with E-state index in [2.05, 4.69) is 21.9 Å². The summed E-state index contributed by atoms with van der Waals surface area (Å²) >= 11 is 0. The number of alkyl carbamates (subject to hydrolysis) is 1. The number of rotatable bonds is 6. The van der Waals surface area contributed by atoms with E-state index >= 15 is 0 Å². The first-order chi connectivity index (χ1) is 10.4. The molecule has 1 atom stereocenters. The van der Waals surface area contributed by atoms with Gasteiger partial charge in [-0.05, 0) is 12.5 Å². The summed E-state index contributed by atoms with van der Waals surface area (Å²) in [6.07, 6.45) is -0.741. The van der Waals surface area contributed by atoms with Crippen LogP contribution < -0.4 is 10.6 Å². The lowest BCUT2D eigenvalue weighted by atomic mass is 10.2. The maximum absolute atomic E-state index is 11.7. The van der Waals surface area contributed by atoms with Crippen LogP contribution in [0.5, 0.6) is 0 Å². The van der Waals surface area contributed by atoms with Crippen molar-refractivity contribution in [3.63, 3.8) is 0 Å². The second-order valence-electron chi connectivity index (χ2n) is 4.39. The van der Waals surface area contributed by atoms with Gasteiger partial charge in [-0.3, -0.25) is 4.79 Å². The average molecular weight is 306 g/mol. The van der Waals surface area contributed by atoms with Crippen LogP contribution in [0.1, 0.15) is 12.5 Å². The highest BCUT2D eigenvalue weighted by molar-refractivity contribution is 5.95. The number of nitrogens with one attached hydrogen (secondary N) is 2. The van der Waals surface area contributed by atoms with Crippen LogP contribution in [-0.2, 0) is 25.7 Å². The van der Waals surface area contributed by atoms with Crippen LogP contribution in [0.15, 0.2) is 42.6 Å². The number of esters is 1. The Morgan fingerprint density at radius 3 is 2.45 bits per heavy atom. The Labute approximate surface area is 128 Å². The Kier molecular flexibility index (Phi) is 6.62. The second-order valence-corrected chi connectivity index (χ2v) is 4.39. The molecular weight excluding hydrogens is 288 g/mol. The number of hydrogen-bond donors (Lipinski definition) is 2. The molecule has 22 heavy (non-hydrogen) atoms. The van der Waals surface area contributed by atoms with Gasteiger partial charge in [0.2, 0.25) is 5.91 Å². The topological polar surface area (TPSA) is 93.7 Å². The number of hydrogen-bond acceptors (Lipinski definition) is 5. The molecule has 0 aliphatic rings. The third-order valence-corrected chi connectivity index (χ3v) is 2.65. The molecule has 0 saturated carbocycles. The van der Waals surface area contributed by atoms with Crippen LogP contribution in [0.4, 0.5) is 4.79 Å². The van der Waals surface area contributed by atoms with Gasteiger partial charge in [-0.25, -0.2) is 9.59 Å². The van der Waals surface area contributed by atoms with Crippen LogP contribution in [0, 0.1) is 0 Å². The molecule has 0 heterocycles. The van der Waals surface area contributed by atoms with Crippen molar-refractivity contribution in [2.24, 2.45) is 0 Å². The highest BCUT2D eigenvalue weighted by Gasteiger charge is 2.19. The fourth-order valence-corrected chi connectivity index (χ4v) is 1.44. The minimum Gasteiger partial charge on any atom is -0.464 e. The van der Waals surface area contributed by atoms with Crippen molar-refractivity contribution in [2.45, 2.75) is 19.6 Å². The Hall–Kier alpha value is -2.83. The highest BCUT2D eigenvalue weighted by atomic mass is 16.5. The van der Waals surface area contributed by atoms with E-state index in [9.17, 15) is 14.4 Å². The number of methoxy groups -OCH3 is 1. The van der Waals surface area contributed by atoms with Crippen molar-refractivity contribution in [1.29, 1.82) is 0 Å². The number of carbonyl (C=O) groups is 3. The third-order valence-electron chi connectivity index (χ3n) is 2.65. The molecule has 0 spiro atoms. The Morgan fingerprint density at radius 2 is 1.86 bits per heavy atom. The van der Waals surface area contributed by atoms with Crippen molar-refractivity contribution in [3.05, 3.63) is 48.2 Å². The molecular formula is C15H18N2O5. The summed E-state index contributed by atoms with van der Waals surface area (Å²) in [5.74, 6) is -1.36. The van der Waals surface area contributed by atoms with Gasteiger partial charge in [0.1, 0.15) is 18.3 Å². The van der Waals surface area contributed by atoms with E-state index in [0.717, 1.165) is 5.56 Å². The summed E-state index contributed by atoms with van der Waals surface area (Å²) in [6.45, 7) is 4.89. The monoisotopic (exact) mass is 306 g/mol. The molecule has 0 saturated heterocycles. The summed E-state index contributed by atoms with van der Waals surface area (Å²) < 4.78 is 9.37. The molecule has 0 radical (unpaired) electrons. The van der Waals surface area contributed by atoms with Gasteiger partial charge in [0.25, 0.3) is 0 Å². The van der Waals surface area contributed by atoms with E-state index in [1.165, 1.54) is 14.0 Å². The molecule has 1 aromatic rings. The van der Waals surface area contributed by atoms with Gasteiger partial charge >= 0.3 is 12.1 Å². The zero-order valence-corrected chi connectivity index (χ0v) is 12.4. The highest BCUT2D eigenvalue weighted by Crippen LogP contribution is 2.01. The van der Waals surface area contributed by atoms with E-state index in [-0.39, 0.29) is 12.3 Å². The maximum Gasteiger partial charge on any atom is 0.408 e. The molecule has 7 nitrogen and oxygen atoms in total. The van der Waals surface area contributed by atoms with E-state index in [1.54, 1.807) is 0 Å². The average Bonchev–Trinajstić information content (AvgIpc) is 2.52. The van der Waals surface area contributed by atoms with Crippen LogP contribution in [0.3, 0.4) is 0 Å². The lowest BCUT2D eigenvalue weighted by Gasteiger charge is -2.14. The number of ether oxygens (including phenoxy) is 2. The summed E-state index contributed by atoms with van der Waals surface area (Å²) in [5.41, 5.74) is 0.618. The number of carbonyl (C=O) groups excluding carboxylic acids is 3. The Bertz CT molecular complexity index is 556. The molecule has 0 bridgehead atoms. The van der Waals surface area contributed by atoms with E-state index < -0.39 is 24.0 Å². The first-order valence-corrected chi connectivity index (χ1v) is 6.49. The summed E-state index contributed by atoms with van der Waals surface area (Å²) in [5, 5.41) is 4.58. The van der Waals surface area contributed by atoms with Gasteiger partial charge in [-0.1, -0.05) is 36.9 Å². The molecule has 1 rings (SSSR count). The fraction of sp³-hybridized carbons (Fsp3) is 0.267. The normalized spacial score (nSPS) is 11.0. The molecule has 0 unspecified atom stereocenters. The maximum atomic E-state index is 11.7. The second kappa shape index (κ2) is 8.46. The minimum atomic E-state index is -0.898. The molecule has 0 aliphatic heterocycles. The molecule has 2 amide bonds. The van der Waals surface area contributed by atoms with E-state index in [4.69, 9.17) is 4.74 Å². The summed E-state index contributed by atoms with van der Waals surface area (Å²) in [7, 11) is 1.17. The quantitative estimate of drug-likeness (QED) is 0.606. The molecule has 1 aromatic carbocycles. The molecule has 7 heteroatoms. The van der Waals surface area contributed by atoms with Crippen molar-refractivity contribution >= 4 is 18.0 Å². The first-order valence-electron chi connectivity index (χ1n) is 6.49.